The Labute approximate surface area is 129 Å². The van der Waals surface area contributed by atoms with Gasteiger partial charge in [-0.2, -0.15) is 0 Å². The van der Waals surface area contributed by atoms with Crippen LogP contribution in [0.3, 0.4) is 0 Å². The third-order valence-electron chi connectivity index (χ3n) is 3.89. The molecule has 0 bridgehead atoms. The van der Waals surface area contributed by atoms with Crippen LogP contribution in [-0.4, -0.2) is 9.97 Å². The molecule has 0 radical (unpaired) electrons. The number of aryl methyl sites for hydroxylation is 1. The minimum atomic E-state index is 0.919. The summed E-state index contributed by atoms with van der Waals surface area (Å²) in [7, 11) is 0. The fourth-order valence-corrected chi connectivity index (χ4v) is 2.81. The van der Waals surface area contributed by atoms with Crippen molar-refractivity contribution in [1.82, 2.24) is 9.97 Å². The highest BCUT2D eigenvalue weighted by molar-refractivity contribution is 5.93. The molecule has 0 aliphatic heterocycles. The molecule has 0 amide bonds. The van der Waals surface area contributed by atoms with Crippen molar-refractivity contribution >= 4 is 11.0 Å². The first-order valence-corrected chi connectivity index (χ1v) is 7.42. The number of hydrogen-bond acceptors (Lipinski definition) is 1. The van der Waals surface area contributed by atoms with Gasteiger partial charge in [-0.05, 0) is 24.6 Å². The largest absolute Gasteiger partial charge is 0.338 e. The van der Waals surface area contributed by atoms with Gasteiger partial charge in [-0.25, -0.2) is 4.98 Å². The van der Waals surface area contributed by atoms with Gasteiger partial charge in [0.1, 0.15) is 5.82 Å². The zero-order chi connectivity index (χ0) is 14.9. The summed E-state index contributed by atoms with van der Waals surface area (Å²) in [4.78, 5) is 8.28. The number of benzene rings is 3. The normalized spacial score (nSPS) is 11.0. The van der Waals surface area contributed by atoms with Gasteiger partial charge in [0.2, 0.25) is 0 Å². The first-order valence-electron chi connectivity index (χ1n) is 7.42. The maximum atomic E-state index is 4.84. The molecule has 22 heavy (non-hydrogen) atoms. The summed E-state index contributed by atoms with van der Waals surface area (Å²) in [5.74, 6) is 0.919. The van der Waals surface area contributed by atoms with E-state index in [1.807, 2.05) is 6.07 Å². The third kappa shape index (κ3) is 2.19. The molecule has 3 aromatic carbocycles. The summed E-state index contributed by atoms with van der Waals surface area (Å²) in [6.45, 7) is 2.10. The van der Waals surface area contributed by atoms with Crippen molar-refractivity contribution in [2.45, 2.75) is 6.92 Å². The van der Waals surface area contributed by atoms with Gasteiger partial charge in [-0.1, -0.05) is 66.2 Å². The smallest absolute Gasteiger partial charge is 0.138 e. The van der Waals surface area contributed by atoms with Crippen molar-refractivity contribution in [3.8, 4) is 22.5 Å². The van der Waals surface area contributed by atoms with Crippen LogP contribution in [0.1, 0.15) is 5.56 Å². The van der Waals surface area contributed by atoms with Gasteiger partial charge in [0.05, 0.1) is 11.0 Å². The van der Waals surface area contributed by atoms with Crippen LogP contribution >= 0.6 is 0 Å². The quantitative estimate of drug-likeness (QED) is 0.538. The second-order valence-corrected chi connectivity index (χ2v) is 5.52. The first-order chi connectivity index (χ1) is 10.8. The molecular formula is C20H16N2. The fourth-order valence-electron chi connectivity index (χ4n) is 2.81. The molecule has 0 unspecified atom stereocenters. The Morgan fingerprint density at radius 3 is 2.36 bits per heavy atom. The molecule has 0 atom stereocenters. The van der Waals surface area contributed by atoms with Crippen LogP contribution in [0.5, 0.6) is 0 Å². The van der Waals surface area contributed by atoms with Crippen LogP contribution in [0.15, 0.2) is 72.8 Å². The second kappa shape index (κ2) is 5.15. The van der Waals surface area contributed by atoms with Gasteiger partial charge in [0, 0.05) is 11.1 Å². The molecule has 4 rings (SSSR count). The van der Waals surface area contributed by atoms with Gasteiger partial charge < -0.3 is 4.98 Å². The molecule has 1 N–H and O–H groups in total. The lowest BCUT2D eigenvalue weighted by molar-refractivity contribution is 1.32. The Morgan fingerprint density at radius 1 is 0.773 bits per heavy atom. The topological polar surface area (TPSA) is 28.7 Å². The van der Waals surface area contributed by atoms with Crippen molar-refractivity contribution < 1.29 is 0 Å². The highest BCUT2D eigenvalue weighted by atomic mass is 14.9. The monoisotopic (exact) mass is 284 g/mol. The van der Waals surface area contributed by atoms with Crippen molar-refractivity contribution in [3.05, 3.63) is 78.4 Å². The molecule has 0 aliphatic rings. The Morgan fingerprint density at radius 2 is 1.55 bits per heavy atom. The minimum absolute atomic E-state index is 0.919. The van der Waals surface area contributed by atoms with Gasteiger partial charge in [-0.3, -0.25) is 0 Å². The molecule has 1 aromatic heterocycles. The van der Waals surface area contributed by atoms with Crippen LogP contribution < -0.4 is 0 Å². The first kappa shape index (κ1) is 12.8. The number of fused-ring (bicyclic) bond motifs is 1. The molecule has 0 saturated heterocycles. The number of rotatable bonds is 2. The van der Waals surface area contributed by atoms with Crippen LogP contribution in [-0.2, 0) is 0 Å². The average Bonchev–Trinajstić information content (AvgIpc) is 3.00. The van der Waals surface area contributed by atoms with Crippen molar-refractivity contribution in [2.75, 3.05) is 0 Å². The number of aromatic nitrogens is 2. The van der Waals surface area contributed by atoms with Gasteiger partial charge in [0.25, 0.3) is 0 Å². The number of aromatic amines is 1. The highest BCUT2D eigenvalue weighted by Crippen LogP contribution is 2.29. The number of hydrogen-bond donors (Lipinski definition) is 1. The van der Waals surface area contributed by atoms with E-state index in [0.717, 1.165) is 28.0 Å². The zero-order valence-electron chi connectivity index (χ0n) is 12.4. The number of para-hydroxylation sites is 1. The average molecular weight is 284 g/mol. The van der Waals surface area contributed by atoms with E-state index >= 15 is 0 Å². The lowest BCUT2D eigenvalue weighted by Crippen LogP contribution is -1.81. The van der Waals surface area contributed by atoms with E-state index in [1.165, 1.54) is 11.1 Å². The van der Waals surface area contributed by atoms with Crippen molar-refractivity contribution in [3.63, 3.8) is 0 Å². The summed E-state index contributed by atoms with van der Waals surface area (Å²) in [5.41, 5.74) is 6.79. The molecule has 2 heteroatoms. The molecule has 2 nitrogen and oxygen atoms in total. The zero-order valence-corrected chi connectivity index (χ0v) is 12.4. The molecule has 1 heterocycles. The highest BCUT2D eigenvalue weighted by Gasteiger charge is 2.10. The molecular weight excluding hydrogens is 268 g/mol. The molecule has 0 saturated carbocycles. The minimum Gasteiger partial charge on any atom is -0.338 e. The van der Waals surface area contributed by atoms with E-state index in [-0.39, 0.29) is 0 Å². The van der Waals surface area contributed by atoms with Crippen LogP contribution in [0, 0.1) is 6.92 Å². The van der Waals surface area contributed by atoms with E-state index in [1.54, 1.807) is 0 Å². The summed E-state index contributed by atoms with van der Waals surface area (Å²) in [6, 6.07) is 25.1. The van der Waals surface area contributed by atoms with Gasteiger partial charge >= 0.3 is 0 Å². The molecule has 0 aliphatic carbocycles. The van der Waals surface area contributed by atoms with E-state index < -0.39 is 0 Å². The predicted molar refractivity (Wildman–Crippen MR) is 91.7 cm³/mol. The van der Waals surface area contributed by atoms with Crippen molar-refractivity contribution in [2.24, 2.45) is 0 Å². The fraction of sp³-hybridized carbons (Fsp3) is 0.0500. The SMILES string of the molecule is Cc1cccc(-c2nc3c(-c4ccccc4)cccc3[nH]2)c1. The predicted octanol–water partition coefficient (Wildman–Crippen LogP) is 5.21. The Bertz CT molecular complexity index is 936. The Kier molecular flexibility index (Phi) is 3.01. The van der Waals surface area contributed by atoms with Crippen LogP contribution in [0.4, 0.5) is 0 Å². The maximum Gasteiger partial charge on any atom is 0.138 e. The van der Waals surface area contributed by atoms with E-state index in [0.29, 0.717) is 0 Å². The van der Waals surface area contributed by atoms with Gasteiger partial charge in [0.15, 0.2) is 0 Å². The number of imidazole rings is 1. The van der Waals surface area contributed by atoms with E-state index in [9.17, 15) is 0 Å². The van der Waals surface area contributed by atoms with E-state index in [2.05, 4.69) is 78.6 Å². The lowest BCUT2D eigenvalue weighted by atomic mass is 10.0. The van der Waals surface area contributed by atoms with E-state index in [4.69, 9.17) is 4.98 Å². The summed E-state index contributed by atoms with van der Waals surface area (Å²) in [6.07, 6.45) is 0. The second-order valence-electron chi connectivity index (χ2n) is 5.52. The summed E-state index contributed by atoms with van der Waals surface area (Å²) >= 11 is 0. The molecule has 0 fully saturated rings. The summed E-state index contributed by atoms with van der Waals surface area (Å²) in [5, 5.41) is 0. The standard InChI is InChI=1S/C20H16N2/c1-14-7-5-10-16(13-14)20-21-18-12-6-11-17(19(18)22-20)15-8-3-2-4-9-15/h2-13H,1H3,(H,21,22). The number of nitrogens with zero attached hydrogens (tertiary/aromatic N) is 1. The number of nitrogens with one attached hydrogen (secondary N) is 1. The third-order valence-corrected chi connectivity index (χ3v) is 3.89. The molecule has 0 spiro atoms. The molecule has 106 valence electrons. The Hall–Kier alpha value is -2.87. The van der Waals surface area contributed by atoms with Gasteiger partial charge in [-0.15, -0.1) is 0 Å². The Balaban J connectivity index is 1.92. The number of H-pyrrole nitrogens is 1. The lowest BCUT2D eigenvalue weighted by Gasteiger charge is -2.01. The maximum absolute atomic E-state index is 4.84. The van der Waals surface area contributed by atoms with Crippen molar-refractivity contribution in [1.29, 1.82) is 0 Å². The van der Waals surface area contributed by atoms with Crippen LogP contribution in [0.25, 0.3) is 33.5 Å². The van der Waals surface area contributed by atoms with Crippen LogP contribution in [0.2, 0.25) is 0 Å². The summed E-state index contributed by atoms with van der Waals surface area (Å²) < 4.78 is 0. The molecule has 4 aromatic rings.